The monoisotopic (exact) mass is 360 g/mol. The van der Waals surface area contributed by atoms with Gasteiger partial charge in [-0.1, -0.05) is 37.3 Å². The van der Waals surface area contributed by atoms with Crippen molar-refractivity contribution in [3.05, 3.63) is 89.7 Å². The van der Waals surface area contributed by atoms with Gasteiger partial charge in [-0.3, -0.25) is 4.98 Å². The first kappa shape index (κ1) is 18.5. The second-order valence-electron chi connectivity index (χ2n) is 6.13. The van der Waals surface area contributed by atoms with Crippen molar-refractivity contribution in [3.8, 4) is 5.75 Å². The summed E-state index contributed by atoms with van der Waals surface area (Å²) in [6.07, 6.45) is 2.78. The minimum Gasteiger partial charge on any atom is -0.487 e. The van der Waals surface area contributed by atoms with Gasteiger partial charge in [-0.15, -0.1) is 0 Å². The maximum atomic E-state index is 5.97. The summed E-state index contributed by atoms with van der Waals surface area (Å²) in [6, 6.07) is 21.8. The number of rotatable bonds is 7. The first-order chi connectivity index (χ1) is 13.2. The van der Waals surface area contributed by atoms with Crippen LogP contribution < -0.4 is 15.8 Å². The second-order valence-corrected chi connectivity index (χ2v) is 6.13. The Morgan fingerprint density at radius 2 is 1.74 bits per heavy atom. The molecule has 0 fully saturated rings. The number of guanidine groups is 1. The quantitative estimate of drug-likeness (QED) is 0.490. The van der Waals surface area contributed by atoms with E-state index in [4.69, 9.17) is 10.5 Å². The molecule has 0 radical (unpaired) electrons. The van der Waals surface area contributed by atoms with Crippen molar-refractivity contribution in [1.29, 1.82) is 0 Å². The van der Waals surface area contributed by atoms with Gasteiger partial charge in [0, 0.05) is 11.9 Å². The van der Waals surface area contributed by atoms with E-state index in [0.717, 1.165) is 29.1 Å². The summed E-state index contributed by atoms with van der Waals surface area (Å²) in [5.74, 6) is 1.20. The number of hydrogen-bond donors (Lipinski definition) is 2. The van der Waals surface area contributed by atoms with Gasteiger partial charge in [0.2, 0.25) is 0 Å². The van der Waals surface area contributed by atoms with Gasteiger partial charge in [0.05, 0.1) is 12.2 Å². The smallest absolute Gasteiger partial charge is 0.193 e. The van der Waals surface area contributed by atoms with E-state index in [9.17, 15) is 0 Å². The van der Waals surface area contributed by atoms with Crippen LogP contribution >= 0.6 is 0 Å². The lowest BCUT2D eigenvalue weighted by Crippen LogP contribution is -2.22. The molecule has 0 aliphatic carbocycles. The molecule has 138 valence electrons. The molecule has 3 rings (SSSR count). The Hall–Kier alpha value is -3.34. The van der Waals surface area contributed by atoms with Crippen molar-refractivity contribution >= 4 is 11.6 Å². The molecule has 2 aromatic carbocycles. The Morgan fingerprint density at radius 1 is 1.00 bits per heavy atom. The van der Waals surface area contributed by atoms with Crippen LogP contribution in [0.2, 0.25) is 0 Å². The SMILES string of the molecule is CCc1ccc(NC(N)=NCc2ccc(OCc3ccccn3)cc2)cc1. The van der Waals surface area contributed by atoms with E-state index in [1.54, 1.807) is 6.20 Å². The zero-order valence-electron chi connectivity index (χ0n) is 15.4. The minimum absolute atomic E-state index is 0.398. The number of nitrogens with one attached hydrogen (secondary N) is 1. The maximum Gasteiger partial charge on any atom is 0.193 e. The maximum absolute atomic E-state index is 5.97. The molecule has 1 aromatic heterocycles. The number of benzene rings is 2. The van der Waals surface area contributed by atoms with Crippen LogP contribution in [-0.4, -0.2) is 10.9 Å². The number of nitrogens with zero attached hydrogens (tertiary/aromatic N) is 2. The third kappa shape index (κ3) is 5.85. The molecule has 3 N–H and O–H groups in total. The molecule has 0 aliphatic heterocycles. The molecule has 0 unspecified atom stereocenters. The average molecular weight is 360 g/mol. The molecule has 1 heterocycles. The minimum atomic E-state index is 0.398. The summed E-state index contributed by atoms with van der Waals surface area (Å²) in [6.45, 7) is 3.09. The zero-order chi connectivity index (χ0) is 18.9. The molecule has 27 heavy (non-hydrogen) atoms. The van der Waals surface area contributed by atoms with E-state index < -0.39 is 0 Å². The van der Waals surface area contributed by atoms with Crippen LogP contribution in [0.4, 0.5) is 5.69 Å². The van der Waals surface area contributed by atoms with Crippen LogP contribution in [0.3, 0.4) is 0 Å². The molecule has 3 aromatic rings. The van der Waals surface area contributed by atoms with Gasteiger partial charge in [-0.25, -0.2) is 4.99 Å². The van der Waals surface area contributed by atoms with Gasteiger partial charge in [-0.05, 0) is 53.9 Å². The van der Waals surface area contributed by atoms with E-state index in [1.807, 2.05) is 54.6 Å². The van der Waals surface area contributed by atoms with E-state index in [-0.39, 0.29) is 0 Å². The van der Waals surface area contributed by atoms with Crippen molar-refractivity contribution in [2.45, 2.75) is 26.5 Å². The highest BCUT2D eigenvalue weighted by atomic mass is 16.5. The van der Waals surface area contributed by atoms with E-state index in [2.05, 4.69) is 34.3 Å². The van der Waals surface area contributed by atoms with Crippen LogP contribution in [0.25, 0.3) is 0 Å². The summed E-state index contributed by atoms with van der Waals surface area (Å²) in [5.41, 5.74) is 10.2. The third-order valence-corrected chi connectivity index (χ3v) is 4.10. The van der Waals surface area contributed by atoms with Gasteiger partial charge in [0.1, 0.15) is 12.4 Å². The number of hydrogen-bond acceptors (Lipinski definition) is 3. The van der Waals surface area contributed by atoms with Crippen molar-refractivity contribution in [1.82, 2.24) is 4.98 Å². The molecular formula is C22H24N4O. The lowest BCUT2D eigenvalue weighted by Gasteiger charge is -2.08. The number of ether oxygens (including phenoxy) is 1. The largest absolute Gasteiger partial charge is 0.487 e. The third-order valence-electron chi connectivity index (χ3n) is 4.10. The summed E-state index contributed by atoms with van der Waals surface area (Å²) >= 11 is 0. The summed E-state index contributed by atoms with van der Waals surface area (Å²) in [5, 5.41) is 3.11. The average Bonchev–Trinajstić information content (AvgIpc) is 2.73. The zero-order valence-corrected chi connectivity index (χ0v) is 15.4. The van der Waals surface area contributed by atoms with E-state index in [1.165, 1.54) is 5.56 Å². The van der Waals surface area contributed by atoms with E-state index in [0.29, 0.717) is 19.1 Å². The molecule has 0 saturated heterocycles. The molecule has 0 bridgehead atoms. The van der Waals surface area contributed by atoms with Crippen molar-refractivity contribution < 1.29 is 4.74 Å². The lowest BCUT2D eigenvalue weighted by atomic mass is 10.1. The van der Waals surface area contributed by atoms with Crippen LogP contribution in [0.15, 0.2) is 77.9 Å². The Labute approximate surface area is 159 Å². The van der Waals surface area contributed by atoms with Crippen molar-refractivity contribution in [3.63, 3.8) is 0 Å². The Morgan fingerprint density at radius 3 is 2.41 bits per heavy atom. The molecular weight excluding hydrogens is 336 g/mol. The first-order valence-electron chi connectivity index (χ1n) is 9.00. The van der Waals surface area contributed by atoms with Crippen molar-refractivity contribution in [2.24, 2.45) is 10.7 Å². The highest BCUT2D eigenvalue weighted by Gasteiger charge is 1.99. The number of nitrogens with two attached hydrogens (primary N) is 1. The summed E-state index contributed by atoms with van der Waals surface area (Å²) < 4.78 is 5.74. The molecule has 0 amide bonds. The Balaban J connectivity index is 1.50. The Bertz CT molecular complexity index is 859. The fourth-order valence-corrected chi connectivity index (χ4v) is 2.52. The highest BCUT2D eigenvalue weighted by Crippen LogP contribution is 2.14. The molecule has 5 heteroatoms. The summed E-state index contributed by atoms with van der Waals surface area (Å²) in [4.78, 5) is 8.63. The molecule has 5 nitrogen and oxygen atoms in total. The summed E-state index contributed by atoms with van der Waals surface area (Å²) in [7, 11) is 0. The predicted octanol–water partition coefficient (Wildman–Crippen LogP) is 4.15. The molecule has 0 saturated carbocycles. The molecule has 0 spiro atoms. The fourth-order valence-electron chi connectivity index (χ4n) is 2.52. The van der Waals surface area contributed by atoms with Gasteiger partial charge in [0.25, 0.3) is 0 Å². The van der Waals surface area contributed by atoms with Crippen LogP contribution in [0.1, 0.15) is 23.7 Å². The van der Waals surface area contributed by atoms with Gasteiger partial charge in [0.15, 0.2) is 5.96 Å². The normalized spacial score (nSPS) is 11.2. The second kappa shape index (κ2) is 9.38. The van der Waals surface area contributed by atoms with Gasteiger partial charge in [-0.2, -0.15) is 0 Å². The predicted molar refractivity (Wildman–Crippen MR) is 110 cm³/mol. The Kier molecular flexibility index (Phi) is 6.41. The fraction of sp³-hybridized carbons (Fsp3) is 0.182. The molecule has 0 aliphatic rings. The van der Waals surface area contributed by atoms with Crippen LogP contribution in [0.5, 0.6) is 5.75 Å². The number of aryl methyl sites for hydroxylation is 1. The molecule has 0 atom stereocenters. The van der Waals surface area contributed by atoms with E-state index >= 15 is 0 Å². The number of aromatic nitrogens is 1. The number of aliphatic imine (C=N–C) groups is 1. The number of anilines is 1. The van der Waals surface area contributed by atoms with Crippen LogP contribution in [-0.2, 0) is 19.6 Å². The van der Waals surface area contributed by atoms with Crippen LogP contribution in [0, 0.1) is 0 Å². The highest BCUT2D eigenvalue weighted by molar-refractivity contribution is 5.92. The number of pyridine rings is 1. The van der Waals surface area contributed by atoms with Gasteiger partial charge < -0.3 is 15.8 Å². The first-order valence-corrected chi connectivity index (χ1v) is 9.00. The standard InChI is InChI=1S/C22H24N4O/c1-2-17-6-10-19(11-7-17)26-22(23)25-15-18-8-12-21(13-9-18)27-16-20-5-3-4-14-24-20/h3-14H,2,15-16H2,1H3,(H3,23,25,26). The topological polar surface area (TPSA) is 72.5 Å². The van der Waals surface area contributed by atoms with Gasteiger partial charge >= 0.3 is 0 Å². The lowest BCUT2D eigenvalue weighted by molar-refractivity contribution is 0.301. The van der Waals surface area contributed by atoms with Crippen molar-refractivity contribution in [2.75, 3.05) is 5.32 Å².